The number of hydrogen-bond donors (Lipinski definition) is 0. The molecule has 136 valence electrons. The molecule has 1 unspecified atom stereocenters. The van der Waals surface area contributed by atoms with Gasteiger partial charge < -0.3 is 14.4 Å². The highest BCUT2D eigenvalue weighted by atomic mass is 32.2. The fraction of sp³-hybridized carbons (Fsp3) is 0.381. The topological polar surface area (TPSA) is 38.8 Å². The molecular formula is C21H23NO3S. The smallest absolute Gasteiger partial charge is 0.233 e. The van der Waals surface area contributed by atoms with E-state index >= 15 is 0 Å². The minimum Gasteiger partial charge on any atom is -0.486 e. The lowest BCUT2D eigenvalue weighted by Crippen LogP contribution is -2.32. The Kier molecular flexibility index (Phi) is 5.07. The number of fused-ring (bicyclic) bond motifs is 1. The van der Waals surface area contributed by atoms with Gasteiger partial charge in [-0.3, -0.25) is 4.79 Å². The van der Waals surface area contributed by atoms with E-state index in [1.54, 1.807) is 11.8 Å². The van der Waals surface area contributed by atoms with Crippen LogP contribution in [0.2, 0.25) is 0 Å². The summed E-state index contributed by atoms with van der Waals surface area (Å²) < 4.78 is 11.3. The molecule has 1 amide bonds. The first-order valence-electron chi connectivity index (χ1n) is 9.09. The van der Waals surface area contributed by atoms with Crippen LogP contribution in [0.3, 0.4) is 0 Å². The maximum absolute atomic E-state index is 12.8. The van der Waals surface area contributed by atoms with Crippen molar-refractivity contribution in [2.45, 2.75) is 30.7 Å². The van der Waals surface area contributed by atoms with Crippen LogP contribution in [0.25, 0.3) is 0 Å². The lowest BCUT2D eigenvalue weighted by molar-refractivity contribution is -0.129. The van der Waals surface area contributed by atoms with Gasteiger partial charge in [0.15, 0.2) is 11.5 Å². The van der Waals surface area contributed by atoms with Crippen molar-refractivity contribution in [2.24, 2.45) is 0 Å². The van der Waals surface area contributed by atoms with Crippen LogP contribution in [0.15, 0.2) is 47.4 Å². The number of nitrogens with zero attached hydrogens (tertiary/aromatic N) is 1. The molecule has 0 N–H and O–H groups in total. The van der Waals surface area contributed by atoms with E-state index in [0.29, 0.717) is 19.0 Å². The van der Waals surface area contributed by atoms with Crippen LogP contribution >= 0.6 is 11.8 Å². The molecule has 5 heteroatoms. The molecule has 0 aliphatic carbocycles. The minimum atomic E-state index is 0.136. The van der Waals surface area contributed by atoms with Gasteiger partial charge >= 0.3 is 0 Å². The Balaban J connectivity index is 1.44. The lowest BCUT2D eigenvalue weighted by Gasteiger charge is -2.26. The molecule has 0 saturated carbocycles. The summed E-state index contributed by atoms with van der Waals surface area (Å²) in [6.07, 6.45) is 2.04. The number of carbonyl (C=O) groups is 1. The molecule has 0 radical (unpaired) electrons. The van der Waals surface area contributed by atoms with Gasteiger partial charge in [-0.15, -0.1) is 11.8 Å². The Labute approximate surface area is 158 Å². The predicted octanol–water partition coefficient (Wildman–Crippen LogP) is 4.22. The second kappa shape index (κ2) is 7.62. The van der Waals surface area contributed by atoms with Gasteiger partial charge in [-0.05, 0) is 49.6 Å². The summed E-state index contributed by atoms with van der Waals surface area (Å²) >= 11 is 1.61. The third-order valence-electron chi connectivity index (χ3n) is 4.91. The number of likely N-dealkylation sites (tertiary alicyclic amines) is 1. The van der Waals surface area contributed by atoms with Gasteiger partial charge in [-0.1, -0.05) is 23.8 Å². The average Bonchev–Trinajstić information content (AvgIpc) is 3.17. The Bertz CT molecular complexity index is 790. The molecule has 1 saturated heterocycles. The number of ether oxygens (including phenoxy) is 2. The second-order valence-corrected chi connectivity index (χ2v) is 7.80. The molecular weight excluding hydrogens is 346 g/mol. The van der Waals surface area contributed by atoms with Crippen LogP contribution < -0.4 is 9.47 Å². The number of benzene rings is 2. The van der Waals surface area contributed by atoms with Crippen molar-refractivity contribution in [1.82, 2.24) is 4.90 Å². The van der Waals surface area contributed by atoms with E-state index < -0.39 is 0 Å². The van der Waals surface area contributed by atoms with Gasteiger partial charge in [-0.2, -0.15) is 0 Å². The zero-order valence-corrected chi connectivity index (χ0v) is 15.8. The highest BCUT2D eigenvalue weighted by Crippen LogP contribution is 2.38. The summed E-state index contributed by atoms with van der Waals surface area (Å²) in [5, 5.41) is 0. The van der Waals surface area contributed by atoms with Crippen LogP contribution in [0.5, 0.6) is 11.5 Å². The van der Waals surface area contributed by atoms with Gasteiger partial charge in [0.05, 0.1) is 11.8 Å². The van der Waals surface area contributed by atoms with E-state index in [1.165, 1.54) is 5.56 Å². The Morgan fingerprint density at radius 2 is 1.88 bits per heavy atom. The molecule has 0 aromatic heterocycles. The molecule has 2 aromatic rings. The van der Waals surface area contributed by atoms with Crippen molar-refractivity contribution in [2.75, 3.05) is 25.5 Å². The monoisotopic (exact) mass is 369 g/mol. The maximum atomic E-state index is 12.8. The number of carbonyl (C=O) groups excluding carboxylic acids is 1. The number of thioether (sulfide) groups is 1. The van der Waals surface area contributed by atoms with Crippen LogP contribution in [0.1, 0.15) is 30.0 Å². The van der Waals surface area contributed by atoms with Gasteiger partial charge in [0, 0.05) is 11.4 Å². The highest BCUT2D eigenvalue weighted by Gasteiger charge is 2.30. The Morgan fingerprint density at radius 3 is 2.69 bits per heavy atom. The molecule has 1 atom stereocenters. The summed E-state index contributed by atoms with van der Waals surface area (Å²) in [7, 11) is 0. The molecule has 4 nitrogen and oxygen atoms in total. The molecule has 1 fully saturated rings. The first-order chi connectivity index (χ1) is 12.7. The lowest BCUT2D eigenvalue weighted by atomic mass is 10.0. The largest absolute Gasteiger partial charge is 0.486 e. The van der Waals surface area contributed by atoms with Crippen molar-refractivity contribution < 1.29 is 14.3 Å². The Morgan fingerprint density at radius 1 is 1.12 bits per heavy atom. The Hall–Kier alpha value is -2.14. The normalized spacial score (nSPS) is 18.8. The van der Waals surface area contributed by atoms with Crippen LogP contribution in [-0.4, -0.2) is 36.3 Å². The van der Waals surface area contributed by atoms with E-state index in [0.717, 1.165) is 41.3 Å². The summed E-state index contributed by atoms with van der Waals surface area (Å²) in [5.41, 5.74) is 2.37. The van der Waals surface area contributed by atoms with Crippen molar-refractivity contribution in [3.63, 3.8) is 0 Å². The van der Waals surface area contributed by atoms with Crippen LogP contribution in [-0.2, 0) is 4.79 Å². The van der Waals surface area contributed by atoms with Crippen molar-refractivity contribution in [3.05, 3.63) is 53.6 Å². The van der Waals surface area contributed by atoms with E-state index in [-0.39, 0.29) is 11.9 Å². The average molecular weight is 369 g/mol. The zero-order valence-electron chi connectivity index (χ0n) is 14.9. The maximum Gasteiger partial charge on any atom is 0.233 e. The first-order valence-corrected chi connectivity index (χ1v) is 10.1. The van der Waals surface area contributed by atoms with E-state index in [9.17, 15) is 4.79 Å². The molecule has 2 heterocycles. The van der Waals surface area contributed by atoms with E-state index in [2.05, 4.69) is 37.3 Å². The molecule has 2 aliphatic heterocycles. The van der Waals surface area contributed by atoms with Gasteiger partial charge in [-0.25, -0.2) is 0 Å². The number of hydrogen-bond acceptors (Lipinski definition) is 4. The quantitative estimate of drug-likeness (QED) is 0.757. The molecule has 26 heavy (non-hydrogen) atoms. The van der Waals surface area contributed by atoms with Crippen LogP contribution in [0.4, 0.5) is 0 Å². The fourth-order valence-electron chi connectivity index (χ4n) is 3.54. The molecule has 2 aromatic carbocycles. The first kappa shape index (κ1) is 17.3. The fourth-order valence-corrected chi connectivity index (χ4v) is 4.33. The van der Waals surface area contributed by atoms with Gasteiger partial charge in [0.25, 0.3) is 0 Å². The van der Waals surface area contributed by atoms with Gasteiger partial charge in [0.1, 0.15) is 13.2 Å². The third kappa shape index (κ3) is 3.68. The molecule has 0 bridgehead atoms. The number of rotatable bonds is 4. The number of aryl methyl sites for hydroxylation is 1. The SMILES string of the molecule is Cc1ccc(SCC(=O)N2CCCC2c2ccc3c(c2)OCCO3)cc1. The van der Waals surface area contributed by atoms with E-state index in [1.807, 2.05) is 17.0 Å². The van der Waals surface area contributed by atoms with Gasteiger partial charge in [0.2, 0.25) is 5.91 Å². The van der Waals surface area contributed by atoms with E-state index in [4.69, 9.17) is 9.47 Å². The van der Waals surface area contributed by atoms with Crippen molar-refractivity contribution >= 4 is 17.7 Å². The standard InChI is InChI=1S/C21H23NO3S/c1-15-4-7-17(8-5-15)26-14-21(23)22-10-2-3-18(22)16-6-9-19-20(13-16)25-12-11-24-19/h4-9,13,18H,2-3,10-12,14H2,1H3. The summed E-state index contributed by atoms with van der Waals surface area (Å²) in [6.45, 7) is 4.07. The summed E-state index contributed by atoms with van der Waals surface area (Å²) in [5.74, 6) is 2.27. The molecule has 4 rings (SSSR count). The third-order valence-corrected chi connectivity index (χ3v) is 5.90. The minimum absolute atomic E-state index is 0.136. The summed E-state index contributed by atoms with van der Waals surface area (Å²) in [4.78, 5) is 16.0. The van der Waals surface area contributed by atoms with Crippen molar-refractivity contribution in [1.29, 1.82) is 0 Å². The predicted molar refractivity (Wildman–Crippen MR) is 103 cm³/mol. The summed E-state index contributed by atoms with van der Waals surface area (Å²) in [6, 6.07) is 14.5. The molecule has 2 aliphatic rings. The number of amides is 1. The van der Waals surface area contributed by atoms with Crippen LogP contribution in [0, 0.1) is 6.92 Å². The molecule has 0 spiro atoms. The zero-order chi connectivity index (χ0) is 17.9. The highest BCUT2D eigenvalue weighted by molar-refractivity contribution is 8.00. The second-order valence-electron chi connectivity index (χ2n) is 6.75. The van der Waals surface area contributed by atoms with Crippen molar-refractivity contribution in [3.8, 4) is 11.5 Å².